The molecule has 0 bridgehead atoms. The molecule has 2 aromatic rings. The molecule has 1 N–H and O–H groups in total. The van der Waals surface area contributed by atoms with Crippen LogP contribution in [0.25, 0.3) is 0 Å². The van der Waals surface area contributed by atoms with Crippen LogP contribution in [0.1, 0.15) is 28.4 Å². The highest BCUT2D eigenvalue weighted by Gasteiger charge is 2.14. The summed E-state index contributed by atoms with van der Waals surface area (Å²) in [6, 6.07) is 16.4. The summed E-state index contributed by atoms with van der Waals surface area (Å²) in [5.41, 5.74) is 2.24. The highest BCUT2D eigenvalue weighted by molar-refractivity contribution is 5.88. The van der Waals surface area contributed by atoms with Crippen molar-refractivity contribution in [3.05, 3.63) is 71.3 Å². The van der Waals surface area contributed by atoms with Crippen molar-refractivity contribution in [3.8, 4) is 0 Å². The van der Waals surface area contributed by atoms with Crippen molar-refractivity contribution in [2.24, 2.45) is 5.92 Å². The van der Waals surface area contributed by atoms with E-state index in [0.29, 0.717) is 6.42 Å². The Bertz CT molecular complexity index is 615. The summed E-state index contributed by atoms with van der Waals surface area (Å²) in [6.07, 6.45) is 1.07. The fourth-order valence-electron chi connectivity index (χ4n) is 2.22. The average Bonchev–Trinajstić information content (AvgIpc) is 2.48. The van der Waals surface area contributed by atoms with E-state index >= 15 is 0 Å². The van der Waals surface area contributed by atoms with E-state index in [0.717, 1.165) is 17.5 Å². The van der Waals surface area contributed by atoms with E-state index < -0.39 is 5.97 Å². The molecule has 1 atom stereocenters. The molecule has 21 heavy (non-hydrogen) atoms. The minimum absolute atomic E-state index is 0.0495. The molecule has 0 unspecified atom stereocenters. The van der Waals surface area contributed by atoms with Gasteiger partial charge in [0.15, 0.2) is 0 Å². The van der Waals surface area contributed by atoms with E-state index in [1.54, 1.807) is 12.1 Å². The van der Waals surface area contributed by atoms with Crippen molar-refractivity contribution in [3.63, 3.8) is 0 Å². The maximum atomic E-state index is 12.2. The van der Waals surface area contributed by atoms with Crippen molar-refractivity contribution >= 4 is 11.8 Å². The van der Waals surface area contributed by atoms with E-state index in [2.05, 4.69) is 0 Å². The number of benzene rings is 2. The molecule has 0 radical (unpaired) electrons. The van der Waals surface area contributed by atoms with Gasteiger partial charge in [-0.05, 0) is 29.7 Å². The molecule has 0 aliphatic rings. The van der Waals surface area contributed by atoms with Crippen LogP contribution in [0.2, 0.25) is 0 Å². The molecular weight excluding hydrogens is 264 g/mol. The first-order valence-electron chi connectivity index (χ1n) is 6.95. The van der Waals surface area contributed by atoms with Gasteiger partial charge in [-0.2, -0.15) is 0 Å². The number of carboxylic acid groups (broad SMARTS) is 1. The number of hydrogen-bond acceptors (Lipinski definition) is 2. The molecule has 0 heterocycles. The Labute approximate surface area is 124 Å². The SMILES string of the molecule is C[C@H](Cc1ccccc1)C(=O)Cc1ccc(C(=O)O)cc1. The molecule has 2 rings (SSSR count). The molecular formula is C18H18O3. The van der Waals surface area contributed by atoms with Crippen molar-refractivity contribution in [2.45, 2.75) is 19.8 Å². The summed E-state index contributed by atoms with van der Waals surface area (Å²) in [4.78, 5) is 23.0. The Balaban J connectivity index is 1.95. The van der Waals surface area contributed by atoms with Gasteiger partial charge in [0.2, 0.25) is 0 Å². The van der Waals surface area contributed by atoms with Crippen LogP contribution >= 0.6 is 0 Å². The van der Waals surface area contributed by atoms with Crippen LogP contribution in [0.3, 0.4) is 0 Å². The van der Waals surface area contributed by atoms with Gasteiger partial charge in [-0.1, -0.05) is 49.4 Å². The Morgan fingerprint density at radius 1 is 0.952 bits per heavy atom. The molecule has 0 aliphatic heterocycles. The topological polar surface area (TPSA) is 54.4 Å². The fourth-order valence-corrected chi connectivity index (χ4v) is 2.22. The van der Waals surface area contributed by atoms with Crippen molar-refractivity contribution in [2.75, 3.05) is 0 Å². The first-order valence-corrected chi connectivity index (χ1v) is 6.95. The molecule has 2 aromatic carbocycles. The molecule has 0 fully saturated rings. The minimum Gasteiger partial charge on any atom is -0.478 e. The van der Waals surface area contributed by atoms with Gasteiger partial charge >= 0.3 is 5.97 Å². The maximum absolute atomic E-state index is 12.2. The fraction of sp³-hybridized carbons (Fsp3) is 0.222. The minimum atomic E-state index is -0.953. The average molecular weight is 282 g/mol. The second kappa shape index (κ2) is 6.84. The van der Waals surface area contributed by atoms with Crippen molar-refractivity contribution in [1.82, 2.24) is 0 Å². The van der Waals surface area contributed by atoms with E-state index in [9.17, 15) is 9.59 Å². The lowest BCUT2D eigenvalue weighted by Crippen LogP contribution is -2.16. The zero-order chi connectivity index (χ0) is 15.2. The second-order valence-electron chi connectivity index (χ2n) is 5.24. The standard InChI is InChI=1S/C18H18O3/c1-13(11-14-5-3-2-4-6-14)17(19)12-15-7-9-16(10-8-15)18(20)21/h2-10,13H,11-12H2,1H3,(H,20,21)/t13-/m1/s1. The highest BCUT2D eigenvalue weighted by Crippen LogP contribution is 2.13. The molecule has 0 aliphatic carbocycles. The van der Waals surface area contributed by atoms with Crippen LogP contribution in [-0.4, -0.2) is 16.9 Å². The molecule has 3 heteroatoms. The highest BCUT2D eigenvalue weighted by atomic mass is 16.4. The number of carbonyl (C=O) groups excluding carboxylic acids is 1. The quantitative estimate of drug-likeness (QED) is 0.883. The van der Waals surface area contributed by atoms with Crippen LogP contribution in [0.4, 0.5) is 0 Å². The molecule has 0 spiro atoms. The van der Waals surface area contributed by atoms with E-state index in [1.165, 1.54) is 12.1 Å². The Morgan fingerprint density at radius 3 is 2.14 bits per heavy atom. The number of Topliss-reactive ketones (excluding diaryl/α,β-unsaturated/α-hetero) is 1. The Hall–Kier alpha value is -2.42. The van der Waals surface area contributed by atoms with Gasteiger partial charge < -0.3 is 5.11 Å². The molecule has 0 saturated heterocycles. The van der Waals surface area contributed by atoms with Crippen LogP contribution in [0.5, 0.6) is 0 Å². The number of rotatable bonds is 6. The van der Waals surface area contributed by atoms with Crippen molar-refractivity contribution in [1.29, 1.82) is 0 Å². The number of hydrogen-bond donors (Lipinski definition) is 1. The van der Waals surface area contributed by atoms with Gasteiger partial charge in [0.25, 0.3) is 0 Å². The monoisotopic (exact) mass is 282 g/mol. The van der Waals surface area contributed by atoms with E-state index in [-0.39, 0.29) is 17.3 Å². The lowest BCUT2D eigenvalue weighted by Gasteiger charge is -2.10. The zero-order valence-corrected chi connectivity index (χ0v) is 12.0. The predicted molar refractivity (Wildman–Crippen MR) is 81.4 cm³/mol. The number of ketones is 1. The third-order valence-electron chi connectivity index (χ3n) is 3.51. The number of carbonyl (C=O) groups is 2. The van der Waals surface area contributed by atoms with Crippen LogP contribution in [0.15, 0.2) is 54.6 Å². The second-order valence-corrected chi connectivity index (χ2v) is 5.24. The molecule has 0 aromatic heterocycles. The first-order chi connectivity index (χ1) is 10.1. The van der Waals surface area contributed by atoms with E-state index in [4.69, 9.17) is 5.11 Å². The smallest absolute Gasteiger partial charge is 0.335 e. The normalized spacial score (nSPS) is 11.9. The zero-order valence-electron chi connectivity index (χ0n) is 12.0. The van der Waals surface area contributed by atoms with Gasteiger partial charge in [-0.25, -0.2) is 4.79 Å². The van der Waals surface area contributed by atoms with Gasteiger partial charge in [0.05, 0.1) is 5.56 Å². The molecule has 0 saturated carbocycles. The largest absolute Gasteiger partial charge is 0.478 e. The third kappa shape index (κ3) is 4.28. The van der Waals surface area contributed by atoms with Gasteiger partial charge in [0, 0.05) is 12.3 Å². The summed E-state index contributed by atoms with van der Waals surface area (Å²) < 4.78 is 0. The Kier molecular flexibility index (Phi) is 4.88. The first kappa shape index (κ1) is 15.0. The van der Waals surface area contributed by atoms with Crippen LogP contribution in [0, 0.1) is 5.92 Å². The van der Waals surface area contributed by atoms with Crippen LogP contribution < -0.4 is 0 Å². The number of carboxylic acids is 1. The molecule has 108 valence electrons. The predicted octanol–water partition coefficient (Wildman–Crippen LogP) is 3.38. The van der Waals surface area contributed by atoms with Gasteiger partial charge in [0.1, 0.15) is 5.78 Å². The summed E-state index contributed by atoms with van der Waals surface area (Å²) in [5, 5.41) is 8.84. The molecule has 3 nitrogen and oxygen atoms in total. The summed E-state index contributed by atoms with van der Waals surface area (Å²) in [5.74, 6) is -0.834. The van der Waals surface area contributed by atoms with Gasteiger partial charge in [-0.3, -0.25) is 4.79 Å². The van der Waals surface area contributed by atoms with Crippen molar-refractivity contribution < 1.29 is 14.7 Å². The third-order valence-corrected chi connectivity index (χ3v) is 3.51. The summed E-state index contributed by atoms with van der Waals surface area (Å²) >= 11 is 0. The Morgan fingerprint density at radius 2 is 1.57 bits per heavy atom. The lowest BCUT2D eigenvalue weighted by atomic mass is 9.93. The van der Waals surface area contributed by atoms with Gasteiger partial charge in [-0.15, -0.1) is 0 Å². The summed E-state index contributed by atoms with van der Waals surface area (Å²) in [6.45, 7) is 1.93. The maximum Gasteiger partial charge on any atom is 0.335 e. The number of aromatic carboxylic acids is 1. The lowest BCUT2D eigenvalue weighted by molar-refractivity contribution is -0.121. The summed E-state index contributed by atoms with van der Waals surface area (Å²) in [7, 11) is 0. The van der Waals surface area contributed by atoms with Crippen LogP contribution in [-0.2, 0) is 17.6 Å². The molecule has 0 amide bonds. The van der Waals surface area contributed by atoms with E-state index in [1.807, 2.05) is 37.3 Å².